The summed E-state index contributed by atoms with van der Waals surface area (Å²) in [6.45, 7) is 4.49. The molecule has 1 saturated heterocycles. The van der Waals surface area contributed by atoms with E-state index < -0.39 is 0 Å². The molecule has 1 N–H and O–H groups in total. The average molecular weight is 388 g/mol. The Morgan fingerprint density at radius 3 is 2.63 bits per heavy atom. The van der Waals surface area contributed by atoms with Gasteiger partial charge in [-0.25, -0.2) is 4.39 Å². The average Bonchev–Trinajstić information content (AvgIpc) is 2.93. The minimum Gasteiger partial charge on any atom is -0.370 e. The third kappa shape index (κ3) is 5.71. The summed E-state index contributed by atoms with van der Waals surface area (Å²) in [5, 5.41) is 3.02. The van der Waals surface area contributed by atoms with Crippen molar-refractivity contribution in [3.05, 3.63) is 54.3 Å². The van der Waals surface area contributed by atoms with E-state index in [1.165, 1.54) is 12.1 Å². The first-order valence-electron chi connectivity index (χ1n) is 9.31. The van der Waals surface area contributed by atoms with Crippen LogP contribution in [0.5, 0.6) is 0 Å². The summed E-state index contributed by atoms with van der Waals surface area (Å²) in [4.78, 5) is 18.0. The lowest BCUT2D eigenvalue weighted by atomic mass is 10.2. The molecule has 0 unspecified atom stereocenters. The van der Waals surface area contributed by atoms with Crippen molar-refractivity contribution in [3.63, 3.8) is 0 Å². The molecule has 0 bridgehead atoms. The lowest BCUT2D eigenvalue weighted by molar-refractivity contribution is -0.116. The first kappa shape index (κ1) is 19.7. The van der Waals surface area contributed by atoms with Crippen molar-refractivity contribution in [3.8, 4) is 0 Å². The maximum absolute atomic E-state index is 13.1. The maximum Gasteiger partial charge on any atom is 0.225 e. The number of para-hydroxylation sites is 1. The predicted octanol–water partition coefficient (Wildman–Crippen LogP) is 4.09. The zero-order valence-electron chi connectivity index (χ0n) is 15.7. The molecule has 1 fully saturated rings. The summed E-state index contributed by atoms with van der Waals surface area (Å²) in [5.41, 5.74) is 1.94. The quantitative estimate of drug-likeness (QED) is 0.758. The van der Waals surface area contributed by atoms with Gasteiger partial charge < -0.3 is 15.1 Å². The fourth-order valence-electron chi connectivity index (χ4n) is 3.32. The molecule has 27 heavy (non-hydrogen) atoms. The maximum atomic E-state index is 13.1. The molecule has 1 aliphatic rings. The molecule has 144 valence electrons. The van der Waals surface area contributed by atoms with Crippen molar-refractivity contribution < 1.29 is 9.18 Å². The first-order valence-corrected chi connectivity index (χ1v) is 10.5. The van der Waals surface area contributed by atoms with Crippen LogP contribution in [0.15, 0.2) is 53.4 Å². The van der Waals surface area contributed by atoms with Gasteiger partial charge in [-0.05, 0) is 55.6 Å². The van der Waals surface area contributed by atoms with Gasteiger partial charge in [-0.2, -0.15) is 0 Å². The van der Waals surface area contributed by atoms with E-state index >= 15 is 0 Å². The van der Waals surface area contributed by atoms with Gasteiger partial charge >= 0.3 is 0 Å². The Hall–Kier alpha value is -2.05. The molecule has 0 aliphatic carbocycles. The van der Waals surface area contributed by atoms with E-state index in [0.29, 0.717) is 6.42 Å². The van der Waals surface area contributed by atoms with Crippen LogP contribution in [0.1, 0.15) is 12.8 Å². The van der Waals surface area contributed by atoms with Gasteiger partial charge in [-0.15, -0.1) is 11.8 Å². The summed E-state index contributed by atoms with van der Waals surface area (Å²) in [7, 11) is 0. The summed E-state index contributed by atoms with van der Waals surface area (Å²) in [6, 6.07) is 14.6. The van der Waals surface area contributed by atoms with Gasteiger partial charge in [-0.3, -0.25) is 4.79 Å². The minimum atomic E-state index is -0.204. The number of halogens is 1. The van der Waals surface area contributed by atoms with E-state index in [0.717, 1.165) is 55.4 Å². The predicted molar refractivity (Wildman–Crippen MR) is 111 cm³/mol. The SMILES string of the molecule is CSc1ccccc1NC(=O)CCN1CCCN(c2ccc(F)cc2)CC1. The molecule has 1 amide bonds. The van der Waals surface area contributed by atoms with E-state index in [4.69, 9.17) is 0 Å². The van der Waals surface area contributed by atoms with E-state index in [1.807, 2.05) is 42.7 Å². The van der Waals surface area contributed by atoms with Gasteiger partial charge in [0.1, 0.15) is 5.82 Å². The van der Waals surface area contributed by atoms with E-state index in [1.54, 1.807) is 11.8 Å². The van der Waals surface area contributed by atoms with E-state index in [-0.39, 0.29) is 11.7 Å². The zero-order valence-corrected chi connectivity index (χ0v) is 16.5. The molecule has 0 atom stereocenters. The van der Waals surface area contributed by atoms with Gasteiger partial charge in [0, 0.05) is 43.2 Å². The second-order valence-electron chi connectivity index (χ2n) is 6.66. The monoisotopic (exact) mass is 387 g/mol. The number of carbonyl (C=O) groups is 1. The van der Waals surface area contributed by atoms with Crippen molar-refractivity contribution in [2.45, 2.75) is 17.7 Å². The zero-order chi connectivity index (χ0) is 19.1. The van der Waals surface area contributed by atoms with Crippen LogP contribution in [0.3, 0.4) is 0 Å². The Morgan fingerprint density at radius 1 is 1.07 bits per heavy atom. The molecule has 4 nitrogen and oxygen atoms in total. The Labute approximate surface area is 164 Å². The Morgan fingerprint density at radius 2 is 1.85 bits per heavy atom. The smallest absolute Gasteiger partial charge is 0.225 e. The van der Waals surface area contributed by atoms with Crippen molar-refractivity contribution in [1.29, 1.82) is 0 Å². The van der Waals surface area contributed by atoms with Crippen molar-refractivity contribution in [1.82, 2.24) is 4.90 Å². The molecule has 0 radical (unpaired) electrons. The third-order valence-electron chi connectivity index (χ3n) is 4.82. The Balaban J connectivity index is 1.47. The Bertz CT molecular complexity index is 753. The largest absolute Gasteiger partial charge is 0.370 e. The molecule has 0 saturated carbocycles. The molecule has 0 aromatic heterocycles. The highest BCUT2D eigenvalue weighted by molar-refractivity contribution is 7.98. The molecular formula is C21H26FN3OS. The van der Waals surface area contributed by atoms with Gasteiger partial charge in [0.05, 0.1) is 5.69 Å². The van der Waals surface area contributed by atoms with Crippen LogP contribution >= 0.6 is 11.8 Å². The summed E-state index contributed by atoms with van der Waals surface area (Å²) in [5.74, 6) is -0.152. The highest BCUT2D eigenvalue weighted by Crippen LogP contribution is 2.24. The van der Waals surface area contributed by atoms with Gasteiger partial charge in [-0.1, -0.05) is 12.1 Å². The van der Waals surface area contributed by atoms with Crippen LogP contribution in [-0.2, 0) is 4.79 Å². The third-order valence-corrected chi connectivity index (χ3v) is 5.61. The first-order chi connectivity index (χ1) is 13.2. The molecule has 2 aromatic carbocycles. The number of hydrogen-bond acceptors (Lipinski definition) is 4. The van der Waals surface area contributed by atoms with Gasteiger partial charge in [0.15, 0.2) is 0 Å². The number of benzene rings is 2. The molecule has 1 aliphatic heterocycles. The highest BCUT2D eigenvalue weighted by atomic mass is 32.2. The van der Waals surface area contributed by atoms with Crippen LogP contribution in [0, 0.1) is 5.82 Å². The summed E-state index contributed by atoms with van der Waals surface area (Å²) >= 11 is 1.63. The molecule has 3 rings (SSSR count). The number of thioether (sulfide) groups is 1. The molecule has 2 aromatic rings. The Kier molecular flexibility index (Phi) is 7.12. The number of hydrogen-bond donors (Lipinski definition) is 1. The number of amides is 1. The number of rotatable bonds is 6. The van der Waals surface area contributed by atoms with Crippen LogP contribution in [0.2, 0.25) is 0 Å². The van der Waals surface area contributed by atoms with E-state index in [9.17, 15) is 9.18 Å². The highest BCUT2D eigenvalue weighted by Gasteiger charge is 2.16. The molecular weight excluding hydrogens is 361 g/mol. The van der Waals surface area contributed by atoms with Crippen LogP contribution in [0.25, 0.3) is 0 Å². The van der Waals surface area contributed by atoms with Crippen LogP contribution < -0.4 is 10.2 Å². The second-order valence-corrected chi connectivity index (χ2v) is 7.51. The topological polar surface area (TPSA) is 35.6 Å². The molecule has 6 heteroatoms. The van der Waals surface area contributed by atoms with Crippen molar-refractivity contribution in [2.75, 3.05) is 49.2 Å². The number of carbonyl (C=O) groups excluding carboxylic acids is 1. The summed E-state index contributed by atoms with van der Waals surface area (Å²) in [6.07, 6.45) is 3.53. The fourth-order valence-corrected chi connectivity index (χ4v) is 3.88. The van der Waals surface area contributed by atoms with Crippen LogP contribution in [0.4, 0.5) is 15.8 Å². The standard InChI is InChI=1S/C21H26FN3OS/c1-27-20-6-3-2-5-19(20)23-21(26)11-14-24-12-4-13-25(16-15-24)18-9-7-17(22)8-10-18/h2-3,5-10H,4,11-16H2,1H3,(H,23,26). The van der Waals surface area contributed by atoms with Crippen molar-refractivity contribution >= 4 is 29.0 Å². The van der Waals surface area contributed by atoms with Crippen LogP contribution in [-0.4, -0.2) is 49.8 Å². The second kappa shape index (κ2) is 9.76. The fraction of sp³-hybridized carbons (Fsp3) is 0.381. The molecule has 1 heterocycles. The lowest BCUT2D eigenvalue weighted by Gasteiger charge is -2.23. The lowest BCUT2D eigenvalue weighted by Crippen LogP contribution is -2.32. The number of nitrogens with zero attached hydrogens (tertiary/aromatic N) is 2. The summed E-state index contributed by atoms with van der Waals surface area (Å²) < 4.78 is 13.1. The van der Waals surface area contributed by atoms with Crippen molar-refractivity contribution in [2.24, 2.45) is 0 Å². The van der Waals surface area contributed by atoms with Gasteiger partial charge in [0.2, 0.25) is 5.91 Å². The minimum absolute atomic E-state index is 0.0520. The molecule has 0 spiro atoms. The van der Waals surface area contributed by atoms with E-state index in [2.05, 4.69) is 15.1 Å². The number of anilines is 2. The van der Waals surface area contributed by atoms with Gasteiger partial charge in [0.25, 0.3) is 0 Å². The normalized spacial score (nSPS) is 15.4. The number of nitrogens with one attached hydrogen (secondary N) is 1.